The molecule has 1 heterocycles. The average Bonchev–Trinajstić information content (AvgIpc) is 1.88. The van der Waals surface area contributed by atoms with Crippen molar-refractivity contribution in [3.63, 3.8) is 0 Å². The summed E-state index contributed by atoms with van der Waals surface area (Å²) < 4.78 is 0. The molecule has 2 heteroatoms. The van der Waals surface area contributed by atoms with Crippen LogP contribution in [0.5, 0.6) is 0 Å². The van der Waals surface area contributed by atoms with Crippen molar-refractivity contribution >= 4 is 0 Å². The number of aromatic amines is 1. The first-order valence-electron chi connectivity index (χ1n) is 2.91. The van der Waals surface area contributed by atoms with Gasteiger partial charge in [0.15, 0.2) is 6.20 Å². The molecule has 2 N–H and O–H groups in total. The zero-order valence-corrected chi connectivity index (χ0v) is 5.39. The lowest BCUT2D eigenvalue weighted by Crippen LogP contribution is -2.09. The molecule has 0 spiro atoms. The van der Waals surface area contributed by atoms with E-state index in [4.69, 9.17) is 5.11 Å². The molecule has 1 rings (SSSR count). The maximum Gasteiger partial charge on any atom is 0.205 e. The Labute approximate surface area is 54.2 Å². The molecule has 0 aromatic carbocycles. The Balaban J connectivity index is 2.94. The number of nitrogens with one attached hydrogen (secondary N) is 1. The highest BCUT2D eigenvalue weighted by Crippen LogP contribution is 1.94. The number of aromatic nitrogens is 1. The van der Waals surface area contributed by atoms with Crippen LogP contribution in [0.1, 0.15) is 11.3 Å². The maximum atomic E-state index is 8.63. The third-order valence-corrected chi connectivity index (χ3v) is 1.19. The monoisotopic (exact) mass is 124 g/mol. The standard InChI is InChI=1S/C7H9NO/c1-6-2-3-8-7(4-6)5-9/h2-4,9H,5H2,1H3/p+1. The Morgan fingerprint density at radius 1 is 1.67 bits per heavy atom. The number of rotatable bonds is 1. The molecule has 1 aromatic rings. The van der Waals surface area contributed by atoms with E-state index in [-0.39, 0.29) is 6.61 Å². The molecule has 0 aliphatic carbocycles. The summed E-state index contributed by atoms with van der Waals surface area (Å²) in [6, 6.07) is 3.87. The lowest BCUT2D eigenvalue weighted by molar-refractivity contribution is -0.395. The first-order valence-corrected chi connectivity index (χ1v) is 2.91. The van der Waals surface area contributed by atoms with Gasteiger partial charge in [0.1, 0.15) is 6.61 Å². The van der Waals surface area contributed by atoms with E-state index in [0.29, 0.717) is 0 Å². The molecule has 0 unspecified atom stereocenters. The van der Waals surface area contributed by atoms with E-state index in [2.05, 4.69) is 4.98 Å². The molecule has 2 nitrogen and oxygen atoms in total. The van der Waals surface area contributed by atoms with E-state index in [0.717, 1.165) is 11.3 Å². The van der Waals surface area contributed by atoms with Crippen LogP contribution in [-0.4, -0.2) is 5.11 Å². The predicted molar refractivity (Wildman–Crippen MR) is 33.7 cm³/mol. The summed E-state index contributed by atoms with van der Waals surface area (Å²) in [4.78, 5) is 2.91. The fourth-order valence-corrected chi connectivity index (χ4v) is 0.736. The predicted octanol–water partition coefficient (Wildman–Crippen LogP) is 0.301. The molecular formula is C7H10NO+. The molecule has 1 aromatic heterocycles. The SMILES string of the molecule is Cc1cc[nH+]c(CO)c1. The maximum absolute atomic E-state index is 8.63. The van der Waals surface area contributed by atoms with Gasteiger partial charge < -0.3 is 5.11 Å². The smallest absolute Gasteiger partial charge is 0.205 e. The highest BCUT2D eigenvalue weighted by atomic mass is 16.3. The second-order valence-electron chi connectivity index (χ2n) is 2.05. The second-order valence-corrected chi connectivity index (χ2v) is 2.05. The zero-order valence-electron chi connectivity index (χ0n) is 5.39. The lowest BCUT2D eigenvalue weighted by atomic mass is 10.2. The van der Waals surface area contributed by atoms with Crippen molar-refractivity contribution in [2.24, 2.45) is 0 Å². The fourth-order valence-electron chi connectivity index (χ4n) is 0.736. The van der Waals surface area contributed by atoms with Crippen molar-refractivity contribution in [1.82, 2.24) is 0 Å². The number of aliphatic hydroxyl groups excluding tert-OH is 1. The van der Waals surface area contributed by atoms with Gasteiger partial charge in [0, 0.05) is 12.1 Å². The van der Waals surface area contributed by atoms with Crippen LogP contribution in [0.25, 0.3) is 0 Å². The van der Waals surface area contributed by atoms with E-state index < -0.39 is 0 Å². The van der Waals surface area contributed by atoms with Crippen molar-refractivity contribution in [3.05, 3.63) is 29.6 Å². The summed E-state index contributed by atoms with van der Waals surface area (Å²) in [6.45, 7) is 2.08. The normalized spacial score (nSPS) is 9.56. The molecule has 48 valence electrons. The van der Waals surface area contributed by atoms with Crippen molar-refractivity contribution in [3.8, 4) is 0 Å². The number of hydrogen-bond acceptors (Lipinski definition) is 1. The van der Waals surface area contributed by atoms with Gasteiger partial charge in [-0.2, -0.15) is 0 Å². The Kier molecular flexibility index (Phi) is 1.80. The Hall–Kier alpha value is -0.890. The second kappa shape index (κ2) is 2.60. The van der Waals surface area contributed by atoms with Crippen LogP contribution in [0, 0.1) is 6.92 Å². The highest BCUT2D eigenvalue weighted by molar-refractivity contribution is 5.08. The average molecular weight is 124 g/mol. The molecule has 9 heavy (non-hydrogen) atoms. The summed E-state index contributed by atoms with van der Waals surface area (Å²) in [6.07, 6.45) is 1.82. The lowest BCUT2D eigenvalue weighted by Gasteiger charge is -1.87. The van der Waals surface area contributed by atoms with Gasteiger partial charge in [0.2, 0.25) is 5.69 Å². The fraction of sp³-hybridized carbons (Fsp3) is 0.286. The first-order chi connectivity index (χ1) is 4.33. The van der Waals surface area contributed by atoms with E-state index >= 15 is 0 Å². The van der Waals surface area contributed by atoms with Crippen LogP contribution < -0.4 is 4.98 Å². The van der Waals surface area contributed by atoms with Crippen LogP contribution in [0.3, 0.4) is 0 Å². The van der Waals surface area contributed by atoms with Crippen LogP contribution >= 0.6 is 0 Å². The molecule has 0 bridgehead atoms. The molecule has 0 aliphatic rings. The van der Waals surface area contributed by atoms with Gasteiger partial charge in [-0.3, -0.25) is 0 Å². The molecule has 0 radical (unpaired) electrons. The van der Waals surface area contributed by atoms with Crippen LogP contribution in [0.15, 0.2) is 18.3 Å². The number of pyridine rings is 1. The Morgan fingerprint density at radius 3 is 2.89 bits per heavy atom. The number of H-pyrrole nitrogens is 1. The first kappa shape index (κ1) is 6.23. The summed E-state index contributed by atoms with van der Waals surface area (Å²) in [7, 11) is 0. The minimum Gasteiger partial charge on any atom is -0.385 e. The van der Waals surface area contributed by atoms with Crippen molar-refractivity contribution in [1.29, 1.82) is 0 Å². The molecule has 0 aliphatic heterocycles. The minimum absolute atomic E-state index is 0.0850. The number of hydrogen-bond donors (Lipinski definition) is 1. The van der Waals surface area contributed by atoms with Gasteiger partial charge in [-0.05, 0) is 12.5 Å². The molecule has 0 saturated carbocycles. The highest BCUT2D eigenvalue weighted by Gasteiger charge is 1.95. The third-order valence-electron chi connectivity index (χ3n) is 1.19. The van der Waals surface area contributed by atoms with E-state index in [1.54, 1.807) is 0 Å². The number of aliphatic hydroxyl groups is 1. The Morgan fingerprint density at radius 2 is 2.44 bits per heavy atom. The largest absolute Gasteiger partial charge is 0.385 e. The van der Waals surface area contributed by atoms with E-state index in [9.17, 15) is 0 Å². The van der Waals surface area contributed by atoms with Crippen molar-refractivity contribution in [2.75, 3.05) is 0 Å². The van der Waals surface area contributed by atoms with Gasteiger partial charge in [0.05, 0.1) is 0 Å². The summed E-state index contributed by atoms with van der Waals surface area (Å²) in [5, 5.41) is 8.63. The summed E-state index contributed by atoms with van der Waals surface area (Å²) in [5.74, 6) is 0. The molecule has 0 fully saturated rings. The zero-order chi connectivity index (χ0) is 6.69. The van der Waals surface area contributed by atoms with Crippen LogP contribution in [-0.2, 0) is 6.61 Å². The molecule has 0 atom stereocenters. The van der Waals surface area contributed by atoms with Gasteiger partial charge in [-0.25, -0.2) is 4.98 Å². The van der Waals surface area contributed by atoms with Gasteiger partial charge in [-0.15, -0.1) is 0 Å². The molecule has 0 amide bonds. The van der Waals surface area contributed by atoms with Crippen molar-refractivity contribution in [2.45, 2.75) is 13.5 Å². The molecular weight excluding hydrogens is 114 g/mol. The topological polar surface area (TPSA) is 34.4 Å². The van der Waals surface area contributed by atoms with Crippen LogP contribution in [0.4, 0.5) is 0 Å². The van der Waals surface area contributed by atoms with Gasteiger partial charge in [0.25, 0.3) is 0 Å². The number of aryl methyl sites for hydroxylation is 1. The quantitative estimate of drug-likeness (QED) is 0.574. The minimum atomic E-state index is 0.0850. The van der Waals surface area contributed by atoms with Crippen LogP contribution in [0.2, 0.25) is 0 Å². The third kappa shape index (κ3) is 1.50. The molecule has 0 saturated heterocycles. The van der Waals surface area contributed by atoms with E-state index in [1.807, 2.05) is 25.3 Å². The Bertz CT molecular complexity index is 198. The van der Waals surface area contributed by atoms with Gasteiger partial charge in [-0.1, -0.05) is 0 Å². The van der Waals surface area contributed by atoms with E-state index in [1.165, 1.54) is 0 Å². The van der Waals surface area contributed by atoms with Gasteiger partial charge >= 0.3 is 0 Å². The summed E-state index contributed by atoms with van der Waals surface area (Å²) in [5.41, 5.74) is 2.02. The summed E-state index contributed by atoms with van der Waals surface area (Å²) >= 11 is 0. The van der Waals surface area contributed by atoms with Crippen molar-refractivity contribution < 1.29 is 10.1 Å².